The van der Waals surface area contributed by atoms with Crippen molar-refractivity contribution in [2.75, 3.05) is 61.2 Å². The van der Waals surface area contributed by atoms with E-state index in [0.29, 0.717) is 59.9 Å². The minimum atomic E-state index is -0.384. The summed E-state index contributed by atoms with van der Waals surface area (Å²) in [6.45, 7) is 2.47. The normalized spacial score (nSPS) is 13.1. The standard InChI is InChI=1S/C25H27ClN6O4/c1-35-20-14-18(15-21(16-20)36-2)29-24(33)28-17-5-7-19(8-6-17)31-10-12-32(13-11-31)25(34)30-23-22(26)4-3-9-27-23/h3-9,14-16H,10-13H2,1-2H3,(H,27,30,34)(H2,28,29,33). The van der Waals surface area contributed by atoms with E-state index in [0.717, 1.165) is 5.69 Å². The summed E-state index contributed by atoms with van der Waals surface area (Å²) in [4.78, 5) is 33.0. The summed E-state index contributed by atoms with van der Waals surface area (Å²) < 4.78 is 10.5. The molecule has 11 heteroatoms. The Morgan fingerprint density at radius 2 is 1.50 bits per heavy atom. The van der Waals surface area contributed by atoms with Crippen molar-refractivity contribution in [2.24, 2.45) is 0 Å². The molecule has 3 N–H and O–H groups in total. The second-order valence-corrected chi connectivity index (χ2v) is 8.37. The van der Waals surface area contributed by atoms with Gasteiger partial charge in [-0.15, -0.1) is 0 Å². The van der Waals surface area contributed by atoms with Crippen LogP contribution in [-0.4, -0.2) is 62.3 Å². The molecule has 0 unspecified atom stereocenters. The van der Waals surface area contributed by atoms with E-state index >= 15 is 0 Å². The number of amides is 4. The summed E-state index contributed by atoms with van der Waals surface area (Å²) in [5, 5.41) is 8.75. The Balaban J connectivity index is 1.28. The number of carbonyl (C=O) groups is 2. The van der Waals surface area contributed by atoms with E-state index in [1.54, 1.807) is 55.6 Å². The molecule has 3 aromatic rings. The van der Waals surface area contributed by atoms with Crippen molar-refractivity contribution < 1.29 is 19.1 Å². The maximum atomic E-state index is 12.6. The molecule has 10 nitrogen and oxygen atoms in total. The van der Waals surface area contributed by atoms with E-state index in [4.69, 9.17) is 21.1 Å². The molecule has 0 atom stereocenters. The highest BCUT2D eigenvalue weighted by Gasteiger charge is 2.22. The molecule has 1 aromatic heterocycles. The average molecular weight is 511 g/mol. The maximum absolute atomic E-state index is 12.6. The molecular weight excluding hydrogens is 484 g/mol. The van der Waals surface area contributed by atoms with Gasteiger partial charge in [0.05, 0.1) is 19.2 Å². The lowest BCUT2D eigenvalue weighted by atomic mass is 10.2. The molecular formula is C25H27ClN6O4. The molecule has 0 aliphatic carbocycles. The van der Waals surface area contributed by atoms with Gasteiger partial charge in [0, 0.05) is 67.6 Å². The van der Waals surface area contributed by atoms with Crippen LogP contribution in [0, 0.1) is 0 Å². The van der Waals surface area contributed by atoms with Crippen LogP contribution in [0.3, 0.4) is 0 Å². The number of ether oxygens (including phenoxy) is 2. The number of rotatable bonds is 6. The van der Waals surface area contributed by atoms with Crippen LogP contribution in [0.2, 0.25) is 5.02 Å². The van der Waals surface area contributed by atoms with E-state index < -0.39 is 0 Å². The van der Waals surface area contributed by atoms with Crippen molar-refractivity contribution in [3.8, 4) is 11.5 Å². The molecule has 0 radical (unpaired) electrons. The Kier molecular flexibility index (Phi) is 7.96. The highest BCUT2D eigenvalue weighted by molar-refractivity contribution is 6.33. The minimum absolute atomic E-state index is 0.227. The number of halogens is 1. The zero-order valence-electron chi connectivity index (χ0n) is 20.0. The highest BCUT2D eigenvalue weighted by Crippen LogP contribution is 2.26. The fourth-order valence-corrected chi connectivity index (χ4v) is 3.92. The van der Waals surface area contributed by atoms with Crippen molar-refractivity contribution in [1.82, 2.24) is 9.88 Å². The van der Waals surface area contributed by atoms with Gasteiger partial charge in [-0.3, -0.25) is 5.32 Å². The number of pyridine rings is 1. The summed E-state index contributed by atoms with van der Waals surface area (Å²) in [6, 6.07) is 15.5. The highest BCUT2D eigenvalue weighted by atomic mass is 35.5. The molecule has 4 amide bonds. The molecule has 2 aromatic carbocycles. The third kappa shape index (κ3) is 6.28. The molecule has 0 bridgehead atoms. The first-order valence-electron chi connectivity index (χ1n) is 11.3. The van der Waals surface area contributed by atoms with Crippen LogP contribution >= 0.6 is 11.6 Å². The van der Waals surface area contributed by atoms with Crippen LogP contribution in [0.15, 0.2) is 60.8 Å². The molecule has 1 aliphatic rings. The topological polar surface area (TPSA) is 108 Å². The van der Waals surface area contributed by atoms with Gasteiger partial charge >= 0.3 is 12.1 Å². The number of methoxy groups -OCH3 is 2. The van der Waals surface area contributed by atoms with E-state index in [1.807, 2.05) is 24.3 Å². The predicted octanol–water partition coefficient (Wildman–Crippen LogP) is 4.75. The zero-order chi connectivity index (χ0) is 25.5. The predicted molar refractivity (Wildman–Crippen MR) is 141 cm³/mol. The molecule has 0 spiro atoms. The van der Waals surface area contributed by atoms with Gasteiger partial charge in [0.2, 0.25) is 0 Å². The van der Waals surface area contributed by atoms with E-state index in [-0.39, 0.29) is 12.1 Å². The number of hydrogen-bond donors (Lipinski definition) is 3. The molecule has 36 heavy (non-hydrogen) atoms. The lowest BCUT2D eigenvalue weighted by molar-refractivity contribution is 0.208. The SMILES string of the molecule is COc1cc(NC(=O)Nc2ccc(N3CCN(C(=O)Nc4ncccc4Cl)CC3)cc2)cc(OC)c1. The van der Waals surface area contributed by atoms with E-state index in [2.05, 4.69) is 25.8 Å². The third-order valence-electron chi connectivity index (χ3n) is 5.65. The Hall–Kier alpha value is -4.18. The van der Waals surface area contributed by atoms with E-state index in [1.165, 1.54) is 0 Å². The number of hydrogen-bond acceptors (Lipinski definition) is 6. The van der Waals surface area contributed by atoms with Gasteiger partial charge in [0.1, 0.15) is 11.5 Å². The van der Waals surface area contributed by atoms with Crippen molar-refractivity contribution in [3.63, 3.8) is 0 Å². The van der Waals surface area contributed by atoms with Crippen molar-refractivity contribution in [2.45, 2.75) is 0 Å². The van der Waals surface area contributed by atoms with Crippen molar-refractivity contribution in [3.05, 3.63) is 65.8 Å². The molecule has 188 valence electrons. The number of nitrogens with one attached hydrogen (secondary N) is 3. The summed E-state index contributed by atoms with van der Waals surface area (Å²) in [7, 11) is 3.10. The average Bonchev–Trinajstić information content (AvgIpc) is 2.90. The Morgan fingerprint density at radius 3 is 2.11 bits per heavy atom. The number of anilines is 4. The van der Waals surface area contributed by atoms with Crippen LogP contribution in [-0.2, 0) is 0 Å². The van der Waals surface area contributed by atoms with Gasteiger partial charge in [-0.1, -0.05) is 11.6 Å². The fraction of sp³-hybridized carbons (Fsp3) is 0.240. The molecule has 4 rings (SSSR count). The quantitative estimate of drug-likeness (QED) is 0.441. The molecule has 1 aliphatic heterocycles. The Morgan fingerprint density at radius 1 is 0.861 bits per heavy atom. The summed E-state index contributed by atoms with van der Waals surface area (Å²) in [5.74, 6) is 1.50. The molecule has 2 heterocycles. The second-order valence-electron chi connectivity index (χ2n) is 7.97. The summed E-state index contributed by atoms with van der Waals surface area (Å²) >= 11 is 6.08. The van der Waals surface area contributed by atoms with Crippen molar-refractivity contribution >= 4 is 46.5 Å². The van der Waals surface area contributed by atoms with Crippen molar-refractivity contribution in [1.29, 1.82) is 0 Å². The van der Waals surface area contributed by atoms with Gasteiger partial charge in [0.15, 0.2) is 5.82 Å². The van der Waals surface area contributed by atoms with Crippen LogP contribution in [0.25, 0.3) is 0 Å². The largest absolute Gasteiger partial charge is 0.497 e. The fourth-order valence-electron chi connectivity index (χ4n) is 3.75. The molecule has 0 saturated carbocycles. The first kappa shape index (κ1) is 24.9. The number of nitrogens with zero attached hydrogens (tertiary/aromatic N) is 3. The lowest BCUT2D eigenvalue weighted by Crippen LogP contribution is -2.50. The number of urea groups is 2. The Labute approximate surface area is 214 Å². The smallest absolute Gasteiger partial charge is 0.323 e. The van der Waals surface area contributed by atoms with Crippen LogP contribution < -0.4 is 30.3 Å². The maximum Gasteiger partial charge on any atom is 0.323 e. The first-order valence-corrected chi connectivity index (χ1v) is 11.7. The molecule has 1 saturated heterocycles. The number of benzene rings is 2. The first-order chi connectivity index (χ1) is 17.4. The number of aromatic nitrogens is 1. The minimum Gasteiger partial charge on any atom is -0.497 e. The summed E-state index contributed by atoms with van der Waals surface area (Å²) in [5.41, 5.74) is 2.20. The van der Waals surface area contributed by atoms with Crippen LogP contribution in [0.1, 0.15) is 0 Å². The zero-order valence-corrected chi connectivity index (χ0v) is 20.7. The third-order valence-corrected chi connectivity index (χ3v) is 5.96. The molecule has 1 fully saturated rings. The number of piperazine rings is 1. The van der Waals surface area contributed by atoms with Gasteiger partial charge in [-0.05, 0) is 36.4 Å². The van der Waals surface area contributed by atoms with Gasteiger partial charge < -0.3 is 29.9 Å². The second kappa shape index (κ2) is 11.5. The lowest BCUT2D eigenvalue weighted by Gasteiger charge is -2.36. The van der Waals surface area contributed by atoms with Gasteiger partial charge in [-0.2, -0.15) is 0 Å². The Bertz CT molecular complexity index is 1190. The number of carbonyl (C=O) groups excluding carboxylic acids is 2. The van der Waals surface area contributed by atoms with E-state index in [9.17, 15) is 9.59 Å². The summed E-state index contributed by atoms with van der Waals surface area (Å²) in [6.07, 6.45) is 1.58. The van der Waals surface area contributed by atoms with Crippen LogP contribution in [0.4, 0.5) is 32.5 Å². The monoisotopic (exact) mass is 510 g/mol. The van der Waals surface area contributed by atoms with Crippen LogP contribution in [0.5, 0.6) is 11.5 Å². The van der Waals surface area contributed by atoms with Gasteiger partial charge in [-0.25, -0.2) is 14.6 Å². The van der Waals surface area contributed by atoms with Gasteiger partial charge in [0.25, 0.3) is 0 Å².